The summed E-state index contributed by atoms with van der Waals surface area (Å²) in [5.41, 5.74) is 1.33. The van der Waals surface area contributed by atoms with Crippen LogP contribution in [-0.2, 0) is 6.54 Å². The van der Waals surface area contributed by atoms with Crippen molar-refractivity contribution in [1.29, 1.82) is 0 Å². The summed E-state index contributed by atoms with van der Waals surface area (Å²) in [6.07, 6.45) is 0. The number of hydrogen-bond donors (Lipinski definition) is 2. The number of para-hydroxylation sites is 1. The van der Waals surface area contributed by atoms with Gasteiger partial charge in [-0.25, -0.2) is 13.8 Å². The highest BCUT2D eigenvalue weighted by Gasteiger charge is 2.26. The lowest BCUT2D eigenvalue weighted by Crippen LogP contribution is -2.35. The minimum atomic E-state index is -3.12. The van der Waals surface area contributed by atoms with Gasteiger partial charge < -0.3 is 15.2 Å². The van der Waals surface area contributed by atoms with Crippen LogP contribution in [-0.4, -0.2) is 36.3 Å². The quantitative estimate of drug-likeness (QED) is 0.850. The summed E-state index contributed by atoms with van der Waals surface area (Å²) >= 11 is 0. The molecule has 1 heterocycles. The third-order valence-corrected chi connectivity index (χ3v) is 2.88. The van der Waals surface area contributed by atoms with Crippen molar-refractivity contribution in [2.75, 3.05) is 20.3 Å². The van der Waals surface area contributed by atoms with Crippen molar-refractivity contribution in [2.24, 2.45) is 0 Å². The predicted octanol–water partition coefficient (Wildman–Crippen LogP) is 1.96. The largest absolute Gasteiger partial charge is 0.494 e. The van der Waals surface area contributed by atoms with Gasteiger partial charge in [-0.3, -0.25) is 0 Å². The van der Waals surface area contributed by atoms with E-state index >= 15 is 0 Å². The minimum absolute atomic E-state index is 0.198. The number of aliphatic hydroxyl groups excluding tert-OH is 1. The molecule has 0 bridgehead atoms. The van der Waals surface area contributed by atoms with E-state index in [-0.39, 0.29) is 6.54 Å². The average molecular weight is 282 g/mol. The summed E-state index contributed by atoms with van der Waals surface area (Å²) in [6.45, 7) is -1.56. The van der Waals surface area contributed by atoms with E-state index in [9.17, 15) is 8.78 Å². The van der Waals surface area contributed by atoms with Crippen molar-refractivity contribution in [3.05, 3.63) is 36.0 Å². The van der Waals surface area contributed by atoms with Crippen molar-refractivity contribution in [3.63, 3.8) is 0 Å². The SMILES string of the molecule is COc1cccc2ccc(CNCC(F)(F)CO)nc12. The topological polar surface area (TPSA) is 54.4 Å². The van der Waals surface area contributed by atoms with E-state index in [0.29, 0.717) is 17.0 Å². The monoisotopic (exact) mass is 282 g/mol. The van der Waals surface area contributed by atoms with Crippen molar-refractivity contribution >= 4 is 10.9 Å². The molecule has 0 fully saturated rings. The summed E-state index contributed by atoms with van der Waals surface area (Å²) < 4.78 is 31.0. The number of rotatable bonds is 6. The fraction of sp³-hybridized carbons (Fsp3) is 0.357. The Hall–Kier alpha value is -1.79. The van der Waals surface area contributed by atoms with Crippen molar-refractivity contribution in [1.82, 2.24) is 10.3 Å². The molecular formula is C14H16F2N2O2. The Morgan fingerprint density at radius 3 is 2.80 bits per heavy atom. The lowest BCUT2D eigenvalue weighted by molar-refractivity contribution is -0.0478. The first-order valence-electron chi connectivity index (χ1n) is 6.18. The second-order valence-electron chi connectivity index (χ2n) is 4.45. The van der Waals surface area contributed by atoms with Gasteiger partial charge in [-0.2, -0.15) is 0 Å². The van der Waals surface area contributed by atoms with Crippen molar-refractivity contribution < 1.29 is 18.6 Å². The Morgan fingerprint density at radius 2 is 2.10 bits per heavy atom. The van der Waals surface area contributed by atoms with E-state index in [2.05, 4.69) is 10.3 Å². The molecule has 0 radical (unpaired) electrons. The van der Waals surface area contributed by atoms with Gasteiger partial charge in [0.15, 0.2) is 0 Å². The van der Waals surface area contributed by atoms with Gasteiger partial charge in [-0.15, -0.1) is 0 Å². The molecule has 0 saturated heterocycles. The molecule has 4 nitrogen and oxygen atoms in total. The van der Waals surface area contributed by atoms with Crippen LogP contribution < -0.4 is 10.1 Å². The molecule has 6 heteroatoms. The lowest BCUT2D eigenvalue weighted by Gasteiger charge is -2.14. The zero-order valence-electron chi connectivity index (χ0n) is 11.1. The Morgan fingerprint density at radius 1 is 1.30 bits per heavy atom. The van der Waals surface area contributed by atoms with E-state index in [0.717, 1.165) is 5.39 Å². The van der Waals surface area contributed by atoms with Gasteiger partial charge >= 0.3 is 0 Å². The number of nitrogens with one attached hydrogen (secondary N) is 1. The molecule has 0 saturated carbocycles. The molecule has 0 atom stereocenters. The highest BCUT2D eigenvalue weighted by atomic mass is 19.3. The summed E-state index contributed by atoms with van der Waals surface area (Å²) in [7, 11) is 1.56. The van der Waals surface area contributed by atoms with E-state index in [4.69, 9.17) is 9.84 Å². The normalized spacial score (nSPS) is 11.8. The van der Waals surface area contributed by atoms with Crippen LogP contribution in [0.5, 0.6) is 5.75 Å². The maximum Gasteiger partial charge on any atom is 0.282 e. The van der Waals surface area contributed by atoms with Gasteiger partial charge in [-0.1, -0.05) is 18.2 Å². The van der Waals surface area contributed by atoms with Crippen molar-refractivity contribution in [2.45, 2.75) is 12.5 Å². The number of pyridine rings is 1. The molecule has 0 aliphatic carbocycles. The molecule has 2 rings (SSSR count). The fourth-order valence-electron chi connectivity index (χ4n) is 1.85. The molecule has 108 valence electrons. The molecule has 20 heavy (non-hydrogen) atoms. The number of fused-ring (bicyclic) bond motifs is 1. The molecule has 1 aromatic carbocycles. The van der Waals surface area contributed by atoms with Crippen LogP contribution in [0.3, 0.4) is 0 Å². The van der Waals surface area contributed by atoms with E-state index in [1.54, 1.807) is 19.2 Å². The summed E-state index contributed by atoms with van der Waals surface area (Å²) in [5.74, 6) is -2.47. The zero-order valence-corrected chi connectivity index (χ0v) is 11.1. The number of alkyl halides is 2. The maximum absolute atomic E-state index is 12.9. The first-order valence-corrected chi connectivity index (χ1v) is 6.18. The third kappa shape index (κ3) is 3.40. The number of hydrogen-bond acceptors (Lipinski definition) is 4. The second-order valence-corrected chi connectivity index (χ2v) is 4.45. The number of methoxy groups -OCH3 is 1. The summed E-state index contributed by atoms with van der Waals surface area (Å²) in [4.78, 5) is 4.40. The maximum atomic E-state index is 12.9. The van der Waals surface area contributed by atoms with Crippen LogP contribution in [0.4, 0.5) is 8.78 Å². The minimum Gasteiger partial charge on any atom is -0.494 e. The van der Waals surface area contributed by atoms with Crippen LogP contribution in [0.1, 0.15) is 5.69 Å². The Bertz CT molecular complexity index is 590. The molecule has 2 aromatic rings. The van der Waals surface area contributed by atoms with Gasteiger partial charge in [-0.05, 0) is 12.1 Å². The highest BCUT2D eigenvalue weighted by molar-refractivity contribution is 5.84. The second kappa shape index (κ2) is 6.11. The van der Waals surface area contributed by atoms with Gasteiger partial charge in [0.05, 0.1) is 19.3 Å². The number of benzene rings is 1. The molecular weight excluding hydrogens is 266 g/mol. The fourth-order valence-corrected chi connectivity index (χ4v) is 1.85. The zero-order chi connectivity index (χ0) is 14.6. The van der Waals surface area contributed by atoms with Crippen LogP contribution in [0.25, 0.3) is 10.9 Å². The Balaban J connectivity index is 2.12. The molecule has 0 aliphatic rings. The van der Waals surface area contributed by atoms with Crippen LogP contribution >= 0.6 is 0 Å². The number of halogens is 2. The van der Waals surface area contributed by atoms with E-state index in [1.807, 2.05) is 18.2 Å². The van der Waals surface area contributed by atoms with Gasteiger partial charge in [0, 0.05) is 11.9 Å². The molecule has 1 aromatic heterocycles. The highest BCUT2D eigenvalue weighted by Crippen LogP contribution is 2.23. The van der Waals surface area contributed by atoms with Gasteiger partial charge in [0.25, 0.3) is 5.92 Å². The smallest absolute Gasteiger partial charge is 0.282 e. The number of aliphatic hydroxyl groups is 1. The Labute approximate surface area is 115 Å². The molecule has 0 unspecified atom stereocenters. The molecule has 0 spiro atoms. The van der Waals surface area contributed by atoms with E-state index < -0.39 is 19.1 Å². The number of ether oxygens (including phenoxy) is 1. The number of nitrogens with zero attached hydrogens (tertiary/aromatic N) is 1. The van der Waals surface area contributed by atoms with Gasteiger partial charge in [0.2, 0.25) is 0 Å². The third-order valence-electron chi connectivity index (χ3n) is 2.88. The lowest BCUT2D eigenvalue weighted by atomic mass is 10.2. The van der Waals surface area contributed by atoms with Crippen molar-refractivity contribution in [3.8, 4) is 5.75 Å². The standard InChI is InChI=1S/C14H16F2N2O2/c1-20-12-4-2-3-10-5-6-11(18-13(10)12)7-17-8-14(15,16)9-19/h2-6,17,19H,7-9H2,1H3. The molecule has 0 aliphatic heterocycles. The predicted molar refractivity (Wildman–Crippen MR) is 72.0 cm³/mol. The number of aromatic nitrogens is 1. The first kappa shape index (κ1) is 14.6. The average Bonchev–Trinajstić information content (AvgIpc) is 2.46. The van der Waals surface area contributed by atoms with Crippen LogP contribution in [0.15, 0.2) is 30.3 Å². The Kier molecular flexibility index (Phi) is 4.46. The summed E-state index contributed by atoms with van der Waals surface area (Å²) in [5, 5.41) is 12.0. The van der Waals surface area contributed by atoms with Gasteiger partial charge in [0.1, 0.15) is 17.9 Å². The van der Waals surface area contributed by atoms with Crippen LogP contribution in [0.2, 0.25) is 0 Å². The summed E-state index contributed by atoms with van der Waals surface area (Å²) in [6, 6.07) is 9.20. The molecule has 0 amide bonds. The van der Waals surface area contributed by atoms with Crippen LogP contribution in [0, 0.1) is 0 Å². The van der Waals surface area contributed by atoms with E-state index in [1.165, 1.54) is 0 Å². The molecule has 2 N–H and O–H groups in total. The first-order chi connectivity index (χ1) is 9.55.